The van der Waals surface area contributed by atoms with Gasteiger partial charge in [-0.1, -0.05) is 48.5 Å². The molecule has 0 saturated heterocycles. The number of aryl methyl sites for hydroxylation is 1. The Bertz CT molecular complexity index is 1280. The second kappa shape index (κ2) is 9.90. The molecular weight excluding hydrogens is 483 g/mol. The number of carbonyl (C=O) groups is 1. The second-order valence-corrected chi connectivity index (χ2v) is 7.98. The minimum atomic E-state index is -6.02. The van der Waals surface area contributed by atoms with E-state index < -0.39 is 18.0 Å². The number of aliphatic imine (C=N–C) groups is 1. The molecule has 2 aromatic carbocycles. The third-order valence-corrected chi connectivity index (χ3v) is 5.53. The summed E-state index contributed by atoms with van der Waals surface area (Å²) in [5.41, 5.74) is 9.59. The Morgan fingerprint density at radius 1 is 1.03 bits per heavy atom. The maximum atomic E-state index is 13.4. The van der Waals surface area contributed by atoms with E-state index in [1.54, 1.807) is 11.7 Å². The second-order valence-electron chi connectivity index (χ2n) is 7.98. The molecule has 0 fully saturated rings. The lowest BCUT2D eigenvalue weighted by Crippen LogP contribution is -2.47. The third-order valence-electron chi connectivity index (χ3n) is 5.53. The van der Waals surface area contributed by atoms with Crippen LogP contribution in [0.15, 0.2) is 65.8 Å². The molecule has 188 valence electrons. The van der Waals surface area contributed by atoms with Crippen molar-refractivity contribution in [2.24, 2.45) is 4.99 Å². The fourth-order valence-electron chi connectivity index (χ4n) is 3.58. The third kappa shape index (κ3) is 5.13. The van der Waals surface area contributed by atoms with Gasteiger partial charge in [0.25, 0.3) is 0 Å². The number of aromatic nitrogens is 1. The lowest BCUT2D eigenvalue weighted by atomic mass is 9.97. The van der Waals surface area contributed by atoms with Crippen LogP contribution in [0.2, 0.25) is 0 Å². The van der Waals surface area contributed by atoms with Crippen LogP contribution in [-0.2, 0) is 11.3 Å². The lowest BCUT2D eigenvalue weighted by molar-refractivity contribution is -0.267. The first-order valence-electron chi connectivity index (χ1n) is 10.7. The summed E-state index contributed by atoms with van der Waals surface area (Å²) in [5, 5.41) is 4.56. The number of carbonyl (C=O) groups excluding carboxylic acids is 1. The fourth-order valence-corrected chi connectivity index (χ4v) is 3.58. The average Bonchev–Trinajstić information content (AvgIpc) is 3.39. The van der Waals surface area contributed by atoms with Crippen molar-refractivity contribution in [3.05, 3.63) is 77.5 Å². The van der Waals surface area contributed by atoms with Crippen LogP contribution in [0.25, 0.3) is 11.1 Å². The molecule has 1 unspecified atom stereocenters. The molecule has 0 aliphatic carbocycles. The van der Waals surface area contributed by atoms with E-state index >= 15 is 0 Å². The van der Waals surface area contributed by atoms with Crippen molar-refractivity contribution < 1.29 is 26.7 Å². The van der Waals surface area contributed by atoms with Crippen molar-refractivity contribution in [2.75, 3.05) is 10.6 Å². The highest BCUT2D eigenvalue weighted by atomic mass is 19.4. The molecule has 2 heterocycles. The van der Waals surface area contributed by atoms with Gasteiger partial charge in [-0.15, -0.1) is 0 Å². The Morgan fingerprint density at radius 2 is 1.75 bits per heavy atom. The number of amides is 1. The Hall–Kier alpha value is -4.06. The zero-order valence-electron chi connectivity index (χ0n) is 18.8. The minimum absolute atomic E-state index is 0.0339. The molecule has 0 bridgehead atoms. The fraction of sp³-hybridized carbons (Fsp3) is 0.208. The first-order chi connectivity index (χ1) is 17.1. The van der Waals surface area contributed by atoms with Gasteiger partial charge in [0.2, 0.25) is 0 Å². The zero-order chi connectivity index (χ0) is 25.9. The number of benzene rings is 2. The van der Waals surface area contributed by atoms with E-state index in [0.717, 1.165) is 22.3 Å². The number of nitrogens with zero attached hydrogens (tertiary/aromatic N) is 2. The number of hydrogen-bond donors (Lipinski definition) is 4. The molecule has 0 saturated carbocycles. The molecule has 0 spiro atoms. The molecule has 4 N–H and O–H groups in total. The van der Waals surface area contributed by atoms with E-state index in [-0.39, 0.29) is 29.8 Å². The van der Waals surface area contributed by atoms with Crippen LogP contribution in [0, 0.1) is 6.92 Å². The molecule has 7 nitrogen and oxygen atoms in total. The van der Waals surface area contributed by atoms with Crippen molar-refractivity contribution in [1.82, 2.24) is 15.8 Å². The predicted octanol–water partition coefficient (Wildman–Crippen LogP) is 4.94. The van der Waals surface area contributed by atoms with Crippen molar-refractivity contribution in [1.29, 1.82) is 0 Å². The summed E-state index contributed by atoms with van der Waals surface area (Å²) in [6.07, 6.45) is -3.31. The van der Waals surface area contributed by atoms with Crippen molar-refractivity contribution >= 4 is 23.8 Å². The average molecular weight is 504 g/mol. The van der Waals surface area contributed by atoms with Gasteiger partial charge in [0.05, 0.1) is 12.0 Å². The molecule has 1 atom stereocenters. The van der Waals surface area contributed by atoms with Gasteiger partial charge in [0, 0.05) is 18.3 Å². The molecule has 0 radical (unpaired) electrons. The smallest absolute Gasteiger partial charge is 0.364 e. The van der Waals surface area contributed by atoms with Crippen LogP contribution in [0.3, 0.4) is 0 Å². The summed E-state index contributed by atoms with van der Waals surface area (Å²) in [6, 6.07) is 16.6. The number of hydrogen-bond acceptors (Lipinski definition) is 6. The van der Waals surface area contributed by atoms with Crippen molar-refractivity contribution in [2.45, 2.75) is 31.7 Å². The Labute approximate surface area is 202 Å². The normalized spacial score (nSPS) is 15.4. The van der Waals surface area contributed by atoms with E-state index in [1.165, 1.54) is 19.2 Å². The summed E-state index contributed by atoms with van der Waals surface area (Å²) in [4.78, 5) is 20.0. The van der Waals surface area contributed by atoms with Crippen LogP contribution < -0.4 is 21.5 Å². The predicted molar refractivity (Wildman–Crippen MR) is 125 cm³/mol. The van der Waals surface area contributed by atoms with E-state index in [2.05, 4.69) is 26.1 Å². The number of halogens is 5. The van der Waals surface area contributed by atoms with Gasteiger partial charge >= 0.3 is 18.0 Å². The molecule has 1 aromatic heterocycles. The number of rotatable bonds is 7. The molecule has 1 amide bonds. The molecular formula is C24H21F5N6O. The Balaban J connectivity index is 1.49. The van der Waals surface area contributed by atoms with Gasteiger partial charge < -0.3 is 16.1 Å². The van der Waals surface area contributed by atoms with Crippen LogP contribution in [-0.4, -0.2) is 29.3 Å². The van der Waals surface area contributed by atoms with Crippen LogP contribution >= 0.6 is 0 Å². The maximum Gasteiger partial charge on any atom is 0.463 e. The molecule has 1 aliphatic rings. The standard InChI is InChI=1S/C24H21F5N6O/c1-14-10-11-30-21(19(14)34-22(36)23(25,26)24(27,28)29)31-12-15-6-8-16(9-7-15)17-4-2-3-5-18(17)20-32-13-33-35-20/h2-11,13,20,35H,12H2,1H3,(H,30,31)(H,32,33)(H,34,36). The highest BCUT2D eigenvalue weighted by molar-refractivity contribution is 5.99. The number of hydrazine groups is 1. The summed E-state index contributed by atoms with van der Waals surface area (Å²) in [6.45, 7) is 1.63. The van der Waals surface area contributed by atoms with E-state index in [0.29, 0.717) is 0 Å². The molecule has 1 aliphatic heterocycles. The van der Waals surface area contributed by atoms with E-state index in [1.807, 2.05) is 48.5 Å². The van der Waals surface area contributed by atoms with Gasteiger partial charge in [-0.2, -0.15) is 22.0 Å². The van der Waals surface area contributed by atoms with Gasteiger partial charge in [-0.3, -0.25) is 4.79 Å². The van der Waals surface area contributed by atoms with Gasteiger partial charge in [0.15, 0.2) is 0 Å². The quantitative estimate of drug-likeness (QED) is 0.343. The summed E-state index contributed by atoms with van der Waals surface area (Å²) in [7, 11) is 0. The van der Waals surface area contributed by atoms with Crippen LogP contribution in [0.5, 0.6) is 0 Å². The van der Waals surface area contributed by atoms with Gasteiger partial charge in [-0.05, 0) is 35.2 Å². The monoisotopic (exact) mass is 504 g/mol. The number of alkyl halides is 5. The lowest BCUT2D eigenvalue weighted by Gasteiger charge is -2.20. The first-order valence-corrected chi connectivity index (χ1v) is 10.7. The van der Waals surface area contributed by atoms with E-state index in [4.69, 9.17) is 0 Å². The topological polar surface area (TPSA) is 90.4 Å². The zero-order valence-corrected chi connectivity index (χ0v) is 18.8. The number of anilines is 2. The van der Waals surface area contributed by atoms with Gasteiger partial charge in [-0.25, -0.2) is 15.4 Å². The largest absolute Gasteiger partial charge is 0.463 e. The Morgan fingerprint density at radius 3 is 2.42 bits per heavy atom. The van der Waals surface area contributed by atoms with Crippen LogP contribution in [0.1, 0.15) is 22.9 Å². The molecule has 3 aromatic rings. The minimum Gasteiger partial charge on any atom is -0.364 e. The van der Waals surface area contributed by atoms with E-state index in [9.17, 15) is 26.7 Å². The summed E-state index contributed by atoms with van der Waals surface area (Å²) in [5.74, 6) is -8.06. The highest BCUT2D eigenvalue weighted by Gasteiger charge is 2.63. The molecule has 12 heteroatoms. The highest BCUT2D eigenvalue weighted by Crippen LogP contribution is 2.37. The van der Waals surface area contributed by atoms with Crippen molar-refractivity contribution in [3.8, 4) is 11.1 Å². The van der Waals surface area contributed by atoms with Crippen LogP contribution in [0.4, 0.5) is 33.5 Å². The van der Waals surface area contributed by atoms with Gasteiger partial charge in [0.1, 0.15) is 12.0 Å². The Kier molecular flexibility index (Phi) is 6.88. The molecule has 4 rings (SSSR count). The summed E-state index contributed by atoms with van der Waals surface area (Å²) < 4.78 is 64.6. The van der Waals surface area contributed by atoms with Crippen molar-refractivity contribution in [3.63, 3.8) is 0 Å². The summed E-state index contributed by atoms with van der Waals surface area (Å²) >= 11 is 0. The molecule has 36 heavy (non-hydrogen) atoms. The SMILES string of the molecule is Cc1ccnc(NCc2ccc(-c3ccccc3C3N=CNN3)cc2)c1NC(=O)C(F)(F)C(F)(F)F. The maximum absolute atomic E-state index is 13.4. The number of pyridine rings is 1. The first kappa shape index (κ1) is 25.0. The number of nitrogens with one attached hydrogen (secondary N) is 4.